The van der Waals surface area contributed by atoms with Crippen LogP contribution in [0, 0.1) is 5.92 Å². The van der Waals surface area contributed by atoms with Crippen LogP contribution in [0.2, 0.25) is 0 Å². The minimum absolute atomic E-state index is 0.145. The first-order valence-electron chi connectivity index (χ1n) is 5.38. The lowest BCUT2D eigenvalue weighted by molar-refractivity contribution is -0.137. The number of nitrogens with one attached hydrogen (secondary N) is 1. The number of halogens is 3. The van der Waals surface area contributed by atoms with Gasteiger partial charge in [-0.3, -0.25) is 0 Å². The summed E-state index contributed by atoms with van der Waals surface area (Å²) >= 11 is 0. The monoisotopic (exact) mass is 279 g/mol. The summed E-state index contributed by atoms with van der Waals surface area (Å²) in [6.07, 6.45) is -4.57. The molecule has 2 rings (SSSR count). The Kier molecular flexibility index (Phi) is 3.04. The molecule has 0 bridgehead atoms. The van der Waals surface area contributed by atoms with Gasteiger partial charge in [0, 0.05) is 6.54 Å². The fourth-order valence-corrected chi connectivity index (χ4v) is 3.83. The number of fused-ring (bicyclic) bond motifs is 1. The van der Waals surface area contributed by atoms with Crippen LogP contribution in [-0.2, 0) is 16.0 Å². The first-order valence-corrected chi connectivity index (χ1v) is 7.04. The average molecular weight is 279 g/mol. The highest BCUT2D eigenvalue weighted by Gasteiger charge is 2.37. The minimum Gasteiger partial charge on any atom is -0.383 e. The van der Waals surface area contributed by atoms with Crippen LogP contribution in [0.4, 0.5) is 18.9 Å². The summed E-state index contributed by atoms with van der Waals surface area (Å²) < 4.78 is 62.4. The summed E-state index contributed by atoms with van der Waals surface area (Å²) in [5, 5.41) is 2.61. The van der Waals surface area contributed by atoms with Gasteiger partial charge in [-0.05, 0) is 18.1 Å². The van der Waals surface area contributed by atoms with Crippen LogP contribution >= 0.6 is 0 Å². The van der Waals surface area contributed by atoms with Crippen molar-refractivity contribution in [1.29, 1.82) is 0 Å². The second-order valence-corrected chi connectivity index (χ2v) is 6.45. The van der Waals surface area contributed by atoms with Crippen molar-refractivity contribution in [3.63, 3.8) is 0 Å². The molecule has 3 nitrogen and oxygen atoms in total. The third kappa shape index (κ3) is 2.31. The van der Waals surface area contributed by atoms with Crippen molar-refractivity contribution >= 4 is 15.5 Å². The van der Waals surface area contributed by atoms with Crippen molar-refractivity contribution in [1.82, 2.24) is 0 Å². The van der Waals surface area contributed by atoms with Gasteiger partial charge in [0.05, 0.1) is 21.9 Å². The molecular weight excluding hydrogens is 267 g/mol. The molecule has 0 aliphatic carbocycles. The van der Waals surface area contributed by atoms with Crippen molar-refractivity contribution in [2.24, 2.45) is 5.92 Å². The zero-order valence-corrected chi connectivity index (χ0v) is 10.4. The normalized spacial score (nSPS) is 22.8. The molecule has 0 spiro atoms. The van der Waals surface area contributed by atoms with E-state index in [0.29, 0.717) is 0 Å². The van der Waals surface area contributed by atoms with E-state index in [-0.39, 0.29) is 28.8 Å². The highest BCUT2D eigenvalue weighted by molar-refractivity contribution is 7.91. The molecule has 1 heterocycles. The van der Waals surface area contributed by atoms with Crippen LogP contribution in [0.1, 0.15) is 12.5 Å². The molecule has 0 saturated heterocycles. The zero-order chi connectivity index (χ0) is 13.6. The predicted octanol–water partition coefficient (Wildman–Crippen LogP) is 2.54. The maximum atomic E-state index is 12.8. The predicted molar refractivity (Wildman–Crippen MR) is 61.2 cm³/mol. The molecule has 0 fully saturated rings. The maximum absolute atomic E-state index is 12.8. The largest absolute Gasteiger partial charge is 0.418 e. The van der Waals surface area contributed by atoms with Crippen LogP contribution in [-0.4, -0.2) is 20.7 Å². The summed E-state index contributed by atoms with van der Waals surface area (Å²) in [4.78, 5) is -0.262. The van der Waals surface area contributed by atoms with Gasteiger partial charge in [-0.15, -0.1) is 0 Å². The van der Waals surface area contributed by atoms with E-state index < -0.39 is 21.6 Å². The summed E-state index contributed by atoms with van der Waals surface area (Å²) in [6, 6.07) is 3.22. The quantitative estimate of drug-likeness (QED) is 0.794. The first-order chi connectivity index (χ1) is 8.22. The highest BCUT2D eigenvalue weighted by Crippen LogP contribution is 2.39. The van der Waals surface area contributed by atoms with Crippen LogP contribution < -0.4 is 5.32 Å². The Morgan fingerprint density at radius 3 is 2.61 bits per heavy atom. The Balaban J connectivity index is 2.68. The van der Waals surface area contributed by atoms with E-state index >= 15 is 0 Å². The number of rotatable bonds is 0. The zero-order valence-electron chi connectivity index (χ0n) is 9.58. The standard InChI is InChI=1S/C11H12F3NO2S/c1-7-5-15-10-8(11(12,13)14)3-2-4-9(10)18(16,17)6-7/h2-4,7,15H,5-6H2,1H3. The van der Waals surface area contributed by atoms with Gasteiger partial charge in [-0.1, -0.05) is 13.0 Å². The summed E-state index contributed by atoms with van der Waals surface area (Å²) in [7, 11) is -3.67. The van der Waals surface area contributed by atoms with Crippen LogP contribution in [0.5, 0.6) is 0 Å². The Morgan fingerprint density at radius 2 is 2.00 bits per heavy atom. The first kappa shape index (κ1) is 13.2. The molecule has 1 atom stereocenters. The molecule has 7 heteroatoms. The summed E-state index contributed by atoms with van der Waals surface area (Å²) in [5.41, 5.74) is -1.26. The van der Waals surface area contributed by atoms with Crippen molar-refractivity contribution in [2.45, 2.75) is 18.0 Å². The van der Waals surface area contributed by atoms with E-state index in [1.165, 1.54) is 6.07 Å². The SMILES string of the molecule is CC1CNc2c(C(F)(F)F)cccc2S(=O)(=O)C1. The van der Waals surface area contributed by atoms with Crippen molar-refractivity contribution in [2.75, 3.05) is 17.6 Å². The Hall–Kier alpha value is -1.24. The van der Waals surface area contributed by atoms with E-state index in [0.717, 1.165) is 12.1 Å². The van der Waals surface area contributed by atoms with Gasteiger partial charge in [-0.25, -0.2) is 8.42 Å². The molecule has 0 saturated carbocycles. The summed E-state index contributed by atoms with van der Waals surface area (Å²) in [5.74, 6) is -0.377. The van der Waals surface area contributed by atoms with Gasteiger partial charge in [0.1, 0.15) is 0 Å². The van der Waals surface area contributed by atoms with E-state index in [4.69, 9.17) is 0 Å². The van der Waals surface area contributed by atoms with Crippen molar-refractivity contribution in [3.8, 4) is 0 Å². The van der Waals surface area contributed by atoms with Gasteiger partial charge >= 0.3 is 6.18 Å². The summed E-state index contributed by atoms with van der Waals surface area (Å²) in [6.45, 7) is 1.89. The highest BCUT2D eigenvalue weighted by atomic mass is 32.2. The molecular formula is C11H12F3NO2S. The molecule has 1 aliphatic heterocycles. The lowest BCUT2D eigenvalue weighted by Gasteiger charge is -2.15. The van der Waals surface area contributed by atoms with Crippen LogP contribution in [0.25, 0.3) is 0 Å². The number of alkyl halides is 3. The molecule has 0 aromatic heterocycles. The molecule has 1 unspecified atom stereocenters. The van der Waals surface area contributed by atoms with E-state index in [1.807, 2.05) is 0 Å². The second kappa shape index (κ2) is 4.15. The van der Waals surface area contributed by atoms with Gasteiger partial charge in [0.2, 0.25) is 0 Å². The maximum Gasteiger partial charge on any atom is 0.418 e. The fraction of sp³-hybridized carbons (Fsp3) is 0.455. The lowest BCUT2D eigenvalue weighted by atomic mass is 10.1. The van der Waals surface area contributed by atoms with Crippen LogP contribution in [0.15, 0.2) is 23.1 Å². The second-order valence-electron chi connectivity index (χ2n) is 4.44. The molecule has 0 amide bonds. The van der Waals surface area contributed by atoms with Gasteiger partial charge in [0.15, 0.2) is 9.84 Å². The Bertz CT molecular complexity index is 566. The average Bonchev–Trinajstić information content (AvgIpc) is 2.34. The minimum atomic E-state index is -4.57. The molecule has 0 radical (unpaired) electrons. The number of benzene rings is 1. The van der Waals surface area contributed by atoms with Crippen molar-refractivity contribution in [3.05, 3.63) is 23.8 Å². The lowest BCUT2D eigenvalue weighted by Crippen LogP contribution is -2.16. The third-order valence-corrected chi connectivity index (χ3v) is 4.82. The number of sulfone groups is 1. The Labute approximate surface area is 103 Å². The van der Waals surface area contributed by atoms with Crippen molar-refractivity contribution < 1.29 is 21.6 Å². The third-order valence-electron chi connectivity index (χ3n) is 2.80. The number of para-hydroxylation sites is 1. The number of anilines is 1. The molecule has 100 valence electrons. The van der Waals surface area contributed by atoms with E-state index in [2.05, 4.69) is 5.32 Å². The molecule has 1 aromatic carbocycles. The van der Waals surface area contributed by atoms with E-state index in [9.17, 15) is 21.6 Å². The molecule has 18 heavy (non-hydrogen) atoms. The Morgan fingerprint density at radius 1 is 1.33 bits per heavy atom. The van der Waals surface area contributed by atoms with E-state index in [1.54, 1.807) is 6.92 Å². The molecule has 1 aromatic rings. The molecule has 1 aliphatic rings. The van der Waals surface area contributed by atoms with Gasteiger partial charge in [0.25, 0.3) is 0 Å². The smallest absolute Gasteiger partial charge is 0.383 e. The van der Waals surface area contributed by atoms with Gasteiger partial charge in [-0.2, -0.15) is 13.2 Å². The molecule has 1 N–H and O–H groups in total. The van der Waals surface area contributed by atoms with Crippen LogP contribution in [0.3, 0.4) is 0 Å². The number of hydrogen-bond donors (Lipinski definition) is 1. The van der Waals surface area contributed by atoms with Gasteiger partial charge < -0.3 is 5.32 Å². The fourth-order valence-electron chi connectivity index (χ4n) is 2.01. The topological polar surface area (TPSA) is 46.2 Å². The number of hydrogen-bond acceptors (Lipinski definition) is 3.